The van der Waals surface area contributed by atoms with Gasteiger partial charge in [-0.25, -0.2) is 0 Å². The molecule has 1 aliphatic carbocycles. The van der Waals surface area contributed by atoms with Crippen molar-refractivity contribution in [3.8, 4) is 0 Å². The highest BCUT2D eigenvalue weighted by molar-refractivity contribution is 5.67. The Labute approximate surface area is 66.5 Å². The van der Waals surface area contributed by atoms with Gasteiger partial charge in [0.15, 0.2) is 0 Å². The number of benzene rings is 1. The molecule has 0 heterocycles. The topological polar surface area (TPSA) is 26.0 Å². The smallest absolute Gasteiger partial charge is 0.0350 e. The first-order chi connectivity index (χ1) is 5.38. The summed E-state index contributed by atoms with van der Waals surface area (Å²) in [6, 6.07) is 8.33. The van der Waals surface area contributed by atoms with Crippen LogP contribution >= 0.6 is 0 Å². The van der Waals surface area contributed by atoms with Gasteiger partial charge in [-0.1, -0.05) is 30.3 Å². The third-order valence-corrected chi connectivity index (χ3v) is 2.11. The van der Waals surface area contributed by atoms with E-state index in [2.05, 4.69) is 24.3 Å². The molecule has 0 radical (unpaired) electrons. The molecule has 0 saturated carbocycles. The predicted molar refractivity (Wildman–Crippen MR) is 46.9 cm³/mol. The highest BCUT2D eigenvalue weighted by atomic mass is 14.6. The molecule has 0 aliphatic heterocycles. The van der Waals surface area contributed by atoms with Crippen molar-refractivity contribution in [3.63, 3.8) is 0 Å². The van der Waals surface area contributed by atoms with Gasteiger partial charge in [0, 0.05) is 11.3 Å². The highest BCUT2D eigenvalue weighted by Crippen LogP contribution is 2.21. The van der Waals surface area contributed by atoms with Gasteiger partial charge in [-0.15, -0.1) is 0 Å². The molecular weight excluding hydrogens is 134 g/mol. The van der Waals surface area contributed by atoms with Gasteiger partial charge >= 0.3 is 0 Å². The second-order valence-electron chi connectivity index (χ2n) is 2.86. The average molecular weight is 145 g/mol. The van der Waals surface area contributed by atoms with Crippen LogP contribution in [0.25, 0.3) is 5.70 Å². The van der Waals surface area contributed by atoms with Crippen molar-refractivity contribution in [2.24, 2.45) is 5.73 Å². The van der Waals surface area contributed by atoms with E-state index in [0.717, 1.165) is 18.5 Å². The maximum atomic E-state index is 5.81. The molecule has 1 nitrogen and oxygen atoms in total. The van der Waals surface area contributed by atoms with Crippen LogP contribution in [-0.4, -0.2) is 0 Å². The molecule has 0 aromatic heterocycles. The van der Waals surface area contributed by atoms with Crippen LogP contribution < -0.4 is 5.73 Å². The molecule has 11 heavy (non-hydrogen) atoms. The number of fused-ring (bicyclic) bond motifs is 1. The molecule has 1 aromatic rings. The molecule has 1 aromatic carbocycles. The Bertz CT molecular complexity index is 299. The monoisotopic (exact) mass is 145 g/mol. The fraction of sp³-hybridized carbons (Fsp3) is 0.200. The Hall–Kier alpha value is -1.24. The molecule has 56 valence electrons. The summed E-state index contributed by atoms with van der Waals surface area (Å²) in [6.45, 7) is 0. The van der Waals surface area contributed by atoms with Gasteiger partial charge in [0.05, 0.1) is 0 Å². The van der Waals surface area contributed by atoms with Crippen molar-refractivity contribution in [2.45, 2.75) is 12.8 Å². The molecule has 0 unspecified atom stereocenters. The average Bonchev–Trinajstić information content (AvgIpc) is 2.06. The Morgan fingerprint density at radius 2 is 2.00 bits per heavy atom. The fourth-order valence-corrected chi connectivity index (χ4v) is 1.51. The van der Waals surface area contributed by atoms with E-state index >= 15 is 0 Å². The first-order valence-electron chi connectivity index (χ1n) is 3.92. The lowest BCUT2D eigenvalue weighted by Gasteiger charge is -2.13. The molecule has 0 saturated heterocycles. The molecule has 0 bridgehead atoms. The van der Waals surface area contributed by atoms with Crippen LogP contribution in [0.4, 0.5) is 0 Å². The number of hydrogen-bond donors (Lipinski definition) is 1. The van der Waals surface area contributed by atoms with E-state index in [4.69, 9.17) is 5.73 Å². The predicted octanol–water partition coefficient (Wildman–Crippen LogP) is 1.93. The summed E-state index contributed by atoms with van der Waals surface area (Å²) in [6.07, 6.45) is 4.32. The Balaban J connectivity index is 2.56. The van der Waals surface area contributed by atoms with E-state index < -0.39 is 0 Å². The van der Waals surface area contributed by atoms with Gasteiger partial charge in [-0.2, -0.15) is 0 Å². The van der Waals surface area contributed by atoms with E-state index in [1.165, 1.54) is 11.1 Å². The number of nitrogens with two attached hydrogens (primary N) is 1. The fourth-order valence-electron chi connectivity index (χ4n) is 1.51. The molecule has 2 N–H and O–H groups in total. The largest absolute Gasteiger partial charge is 0.398 e. The van der Waals surface area contributed by atoms with E-state index in [9.17, 15) is 0 Å². The van der Waals surface area contributed by atoms with Crippen LogP contribution in [0, 0.1) is 0 Å². The van der Waals surface area contributed by atoms with Crippen LogP contribution in [0.2, 0.25) is 0 Å². The van der Waals surface area contributed by atoms with Crippen LogP contribution in [-0.2, 0) is 6.42 Å². The maximum absolute atomic E-state index is 5.81. The zero-order valence-electron chi connectivity index (χ0n) is 6.38. The van der Waals surface area contributed by atoms with Gasteiger partial charge < -0.3 is 5.73 Å². The molecule has 1 aliphatic rings. The van der Waals surface area contributed by atoms with Crippen molar-refractivity contribution in [2.75, 3.05) is 0 Å². The third-order valence-electron chi connectivity index (χ3n) is 2.11. The lowest BCUT2D eigenvalue weighted by Crippen LogP contribution is -2.05. The maximum Gasteiger partial charge on any atom is 0.0350 e. The van der Waals surface area contributed by atoms with Crippen LogP contribution in [0.15, 0.2) is 30.3 Å². The minimum atomic E-state index is 0.937. The zero-order chi connectivity index (χ0) is 7.68. The van der Waals surface area contributed by atoms with E-state index in [0.29, 0.717) is 0 Å². The minimum Gasteiger partial charge on any atom is -0.398 e. The summed E-state index contributed by atoms with van der Waals surface area (Å²) >= 11 is 0. The molecule has 0 spiro atoms. The molecule has 2 rings (SSSR count). The SMILES string of the molecule is NC1=CCCc2ccccc21. The summed E-state index contributed by atoms with van der Waals surface area (Å²) in [5.74, 6) is 0. The Kier molecular flexibility index (Phi) is 1.42. The number of rotatable bonds is 0. The third kappa shape index (κ3) is 1.03. The number of aryl methyl sites for hydroxylation is 1. The second kappa shape index (κ2) is 2.42. The second-order valence-corrected chi connectivity index (χ2v) is 2.86. The van der Waals surface area contributed by atoms with Crippen molar-refractivity contribution in [1.82, 2.24) is 0 Å². The molecular formula is C10H11N. The van der Waals surface area contributed by atoms with Crippen LogP contribution in [0.3, 0.4) is 0 Å². The standard InChI is InChI=1S/C10H11N/c11-10-7-3-5-8-4-1-2-6-9(8)10/h1-2,4,6-7H,3,5,11H2. The normalized spacial score (nSPS) is 15.5. The van der Waals surface area contributed by atoms with E-state index in [-0.39, 0.29) is 0 Å². The quantitative estimate of drug-likeness (QED) is 0.593. The summed E-state index contributed by atoms with van der Waals surface area (Å²) in [5, 5.41) is 0. The van der Waals surface area contributed by atoms with Crippen LogP contribution in [0.5, 0.6) is 0 Å². The van der Waals surface area contributed by atoms with Gasteiger partial charge in [0.1, 0.15) is 0 Å². The van der Waals surface area contributed by atoms with E-state index in [1.54, 1.807) is 0 Å². The molecule has 1 heteroatoms. The first kappa shape index (κ1) is 6.47. The molecule has 0 fully saturated rings. The number of allylic oxidation sites excluding steroid dienone is 1. The van der Waals surface area contributed by atoms with Crippen molar-refractivity contribution in [1.29, 1.82) is 0 Å². The van der Waals surface area contributed by atoms with Gasteiger partial charge in [-0.3, -0.25) is 0 Å². The first-order valence-corrected chi connectivity index (χ1v) is 3.92. The van der Waals surface area contributed by atoms with Crippen molar-refractivity contribution >= 4 is 5.70 Å². The zero-order valence-corrected chi connectivity index (χ0v) is 6.38. The molecule has 0 atom stereocenters. The minimum absolute atomic E-state index is 0.937. The molecule has 0 amide bonds. The number of hydrogen-bond acceptors (Lipinski definition) is 1. The van der Waals surface area contributed by atoms with Crippen molar-refractivity contribution in [3.05, 3.63) is 41.5 Å². The van der Waals surface area contributed by atoms with Crippen LogP contribution in [0.1, 0.15) is 17.5 Å². The Morgan fingerprint density at radius 1 is 1.18 bits per heavy atom. The highest BCUT2D eigenvalue weighted by Gasteiger charge is 2.07. The summed E-state index contributed by atoms with van der Waals surface area (Å²) in [4.78, 5) is 0. The van der Waals surface area contributed by atoms with Gasteiger partial charge in [-0.05, 0) is 18.4 Å². The van der Waals surface area contributed by atoms with Gasteiger partial charge in [0.25, 0.3) is 0 Å². The summed E-state index contributed by atoms with van der Waals surface area (Å²) in [5.41, 5.74) is 9.35. The Morgan fingerprint density at radius 3 is 2.82 bits per heavy atom. The van der Waals surface area contributed by atoms with E-state index in [1.807, 2.05) is 6.07 Å². The summed E-state index contributed by atoms with van der Waals surface area (Å²) in [7, 11) is 0. The lowest BCUT2D eigenvalue weighted by atomic mass is 9.95. The van der Waals surface area contributed by atoms with Crippen molar-refractivity contribution < 1.29 is 0 Å². The summed E-state index contributed by atoms with van der Waals surface area (Å²) < 4.78 is 0. The van der Waals surface area contributed by atoms with Gasteiger partial charge in [0.2, 0.25) is 0 Å². The lowest BCUT2D eigenvalue weighted by molar-refractivity contribution is 0.973.